The van der Waals surface area contributed by atoms with Gasteiger partial charge in [0.25, 0.3) is 0 Å². The van der Waals surface area contributed by atoms with Gasteiger partial charge in [0.1, 0.15) is 0 Å². The van der Waals surface area contributed by atoms with Crippen LogP contribution in [-0.4, -0.2) is 9.55 Å². The van der Waals surface area contributed by atoms with E-state index in [4.69, 9.17) is 0 Å². The third-order valence-corrected chi connectivity index (χ3v) is 6.31. The van der Waals surface area contributed by atoms with Crippen LogP contribution in [0.15, 0.2) is 103 Å². The van der Waals surface area contributed by atoms with Crippen LogP contribution in [0.2, 0.25) is 0 Å². The van der Waals surface area contributed by atoms with Gasteiger partial charge in [0.2, 0.25) is 0 Å². The Bertz CT molecular complexity index is 1750. The zero-order chi connectivity index (χ0) is 19.7. The number of rotatable bonds is 1. The fourth-order valence-electron chi connectivity index (χ4n) is 4.97. The molecule has 0 saturated carbocycles. The maximum absolute atomic E-state index is 3.69. The van der Waals surface area contributed by atoms with Gasteiger partial charge in [-0.2, -0.15) is 0 Å². The Labute approximate surface area is 173 Å². The molecule has 2 nitrogen and oxygen atoms in total. The van der Waals surface area contributed by atoms with Crippen LogP contribution in [0.5, 0.6) is 0 Å². The van der Waals surface area contributed by atoms with Crippen LogP contribution in [0.4, 0.5) is 0 Å². The monoisotopic (exact) mass is 382 g/mol. The van der Waals surface area contributed by atoms with Crippen molar-refractivity contribution < 1.29 is 0 Å². The summed E-state index contributed by atoms with van der Waals surface area (Å²) in [6, 6.07) is 37.1. The number of hydrogen-bond donors (Lipinski definition) is 1. The van der Waals surface area contributed by atoms with E-state index in [-0.39, 0.29) is 0 Å². The average Bonchev–Trinajstić information content (AvgIpc) is 3.34. The molecule has 0 radical (unpaired) electrons. The molecule has 140 valence electrons. The van der Waals surface area contributed by atoms with Crippen molar-refractivity contribution >= 4 is 54.4 Å². The smallest absolute Gasteiger partial charge is 0.0566 e. The lowest BCUT2D eigenvalue weighted by molar-refractivity contribution is 1.19. The van der Waals surface area contributed by atoms with Crippen LogP contribution in [0.25, 0.3) is 60.1 Å². The van der Waals surface area contributed by atoms with Crippen molar-refractivity contribution in [2.75, 3.05) is 0 Å². The Hall–Kier alpha value is -4.04. The van der Waals surface area contributed by atoms with E-state index in [2.05, 4.69) is 113 Å². The van der Waals surface area contributed by atoms with E-state index < -0.39 is 0 Å². The molecule has 0 fully saturated rings. The predicted octanol–water partition coefficient (Wildman–Crippen LogP) is 7.57. The first-order chi connectivity index (χ1) is 14.9. The Morgan fingerprint density at radius 3 is 2.23 bits per heavy atom. The largest absolute Gasteiger partial charge is 0.354 e. The summed E-state index contributed by atoms with van der Waals surface area (Å²) in [5, 5.41) is 7.63. The average molecular weight is 382 g/mol. The lowest BCUT2D eigenvalue weighted by atomic mass is 10.1. The third-order valence-electron chi connectivity index (χ3n) is 6.31. The lowest BCUT2D eigenvalue weighted by Crippen LogP contribution is -1.93. The van der Waals surface area contributed by atoms with Crippen molar-refractivity contribution in [3.63, 3.8) is 0 Å². The molecule has 7 rings (SSSR count). The molecule has 2 heterocycles. The number of hydrogen-bond acceptors (Lipinski definition) is 0. The summed E-state index contributed by atoms with van der Waals surface area (Å²) < 4.78 is 2.39. The van der Waals surface area contributed by atoms with Gasteiger partial charge in [-0.1, -0.05) is 72.8 Å². The van der Waals surface area contributed by atoms with Crippen molar-refractivity contribution in [1.82, 2.24) is 9.55 Å². The highest BCUT2D eigenvalue weighted by molar-refractivity contribution is 6.25. The standard InChI is InChI=1S/C28H18N2/c1-2-8-19-17-20(14-13-18(19)7-1)30-25-12-6-4-10-23(25)27-26(30)16-15-22-21-9-3-5-11-24(21)29-28(22)27/h1-17,29H. The summed E-state index contributed by atoms with van der Waals surface area (Å²) in [6.07, 6.45) is 0. The number of nitrogens with one attached hydrogen (secondary N) is 1. The van der Waals surface area contributed by atoms with Gasteiger partial charge < -0.3 is 9.55 Å². The highest BCUT2D eigenvalue weighted by Gasteiger charge is 2.16. The minimum absolute atomic E-state index is 1.18. The van der Waals surface area contributed by atoms with E-state index in [1.807, 2.05) is 0 Å². The molecular formula is C28H18N2. The summed E-state index contributed by atoms with van der Waals surface area (Å²) >= 11 is 0. The fraction of sp³-hybridized carbons (Fsp3) is 0. The SMILES string of the molecule is c1ccc2cc(-n3c4ccccc4c4c5[nH]c6ccccc6c5ccc43)ccc2c1. The number of benzene rings is 5. The summed E-state index contributed by atoms with van der Waals surface area (Å²) in [5.41, 5.74) is 6.04. The molecule has 0 aliphatic rings. The lowest BCUT2D eigenvalue weighted by Gasteiger charge is -2.09. The zero-order valence-electron chi connectivity index (χ0n) is 16.3. The molecule has 0 bridgehead atoms. The number of aromatic amines is 1. The second kappa shape index (κ2) is 5.74. The highest BCUT2D eigenvalue weighted by atomic mass is 15.0. The number of para-hydroxylation sites is 2. The molecule has 30 heavy (non-hydrogen) atoms. The number of fused-ring (bicyclic) bond motifs is 8. The maximum atomic E-state index is 3.69. The van der Waals surface area contributed by atoms with Crippen molar-refractivity contribution in [2.45, 2.75) is 0 Å². The molecule has 0 spiro atoms. The Morgan fingerprint density at radius 1 is 0.533 bits per heavy atom. The Balaban J connectivity index is 1.67. The first kappa shape index (κ1) is 15.8. The Kier molecular flexibility index (Phi) is 3.03. The van der Waals surface area contributed by atoms with Crippen LogP contribution >= 0.6 is 0 Å². The van der Waals surface area contributed by atoms with E-state index >= 15 is 0 Å². The van der Waals surface area contributed by atoms with E-state index in [0.29, 0.717) is 0 Å². The van der Waals surface area contributed by atoms with Gasteiger partial charge in [0, 0.05) is 32.7 Å². The molecule has 5 aromatic carbocycles. The molecular weight excluding hydrogens is 364 g/mol. The molecule has 0 aliphatic heterocycles. The minimum atomic E-state index is 1.18. The van der Waals surface area contributed by atoms with Crippen molar-refractivity contribution in [3.8, 4) is 5.69 Å². The zero-order valence-corrected chi connectivity index (χ0v) is 16.3. The topological polar surface area (TPSA) is 20.7 Å². The first-order valence-corrected chi connectivity index (χ1v) is 10.3. The number of aromatic nitrogens is 2. The van der Waals surface area contributed by atoms with Gasteiger partial charge in [-0.05, 0) is 41.1 Å². The van der Waals surface area contributed by atoms with Gasteiger partial charge in [-0.3, -0.25) is 0 Å². The number of nitrogens with zero attached hydrogens (tertiary/aromatic N) is 1. The molecule has 2 heteroatoms. The molecule has 0 atom stereocenters. The quantitative estimate of drug-likeness (QED) is 0.302. The van der Waals surface area contributed by atoms with Crippen LogP contribution in [0.3, 0.4) is 0 Å². The van der Waals surface area contributed by atoms with Gasteiger partial charge in [-0.25, -0.2) is 0 Å². The second-order valence-electron chi connectivity index (χ2n) is 7.94. The normalized spacial score (nSPS) is 12.0. The van der Waals surface area contributed by atoms with Gasteiger partial charge in [0.15, 0.2) is 0 Å². The van der Waals surface area contributed by atoms with E-state index in [1.165, 1.54) is 60.1 Å². The summed E-state index contributed by atoms with van der Waals surface area (Å²) in [4.78, 5) is 3.69. The summed E-state index contributed by atoms with van der Waals surface area (Å²) in [5.74, 6) is 0. The second-order valence-corrected chi connectivity index (χ2v) is 7.94. The van der Waals surface area contributed by atoms with Crippen molar-refractivity contribution in [3.05, 3.63) is 103 Å². The van der Waals surface area contributed by atoms with E-state index in [1.54, 1.807) is 0 Å². The third kappa shape index (κ3) is 2.03. The van der Waals surface area contributed by atoms with Gasteiger partial charge in [-0.15, -0.1) is 0 Å². The first-order valence-electron chi connectivity index (χ1n) is 10.3. The maximum Gasteiger partial charge on any atom is 0.0566 e. The fourth-order valence-corrected chi connectivity index (χ4v) is 4.97. The molecule has 0 aliphatic carbocycles. The molecule has 0 saturated heterocycles. The van der Waals surface area contributed by atoms with Gasteiger partial charge >= 0.3 is 0 Å². The summed E-state index contributed by atoms with van der Waals surface area (Å²) in [7, 11) is 0. The predicted molar refractivity (Wildman–Crippen MR) is 128 cm³/mol. The highest BCUT2D eigenvalue weighted by Crippen LogP contribution is 2.39. The van der Waals surface area contributed by atoms with E-state index in [0.717, 1.165) is 0 Å². The molecule has 0 unspecified atom stereocenters. The van der Waals surface area contributed by atoms with Gasteiger partial charge in [0.05, 0.1) is 16.6 Å². The molecule has 1 N–H and O–H groups in total. The summed E-state index contributed by atoms with van der Waals surface area (Å²) in [6.45, 7) is 0. The molecule has 7 aromatic rings. The molecule has 2 aromatic heterocycles. The van der Waals surface area contributed by atoms with Crippen molar-refractivity contribution in [2.24, 2.45) is 0 Å². The number of H-pyrrole nitrogens is 1. The van der Waals surface area contributed by atoms with Crippen LogP contribution < -0.4 is 0 Å². The Morgan fingerprint density at radius 2 is 1.30 bits per heavy atom. The van der Waals surface area contributed by atoms with E-state index in [9.17, 15) is 0 Å². The van der Waals surface area contributed by atoms with Crippen molar-refractivity contribution in [1.29, 1.82) is 0 Å². The van der Waals surface area contributed by atoms with Crippen LogP contribution in [-0.2, 0) is 0 Å². The molecule has 0 amide bonds. The minimum Gasteiger partial charge on any atom is -0.354 e. The van der Waals surface area contributed by atoms with Crippen LogP contribution in [0.1, 0.15) is 0 Å². The van der Waals surface area contributed by atoms with Crippen LogP contribution in [0, 0.1) is 0 Å².